The van der Waals surface area contributed by atoms with Crippen molar-refractivity contribution in [2.24, 2.45) is 0 Å². The standard InChI is InChI=1S/C15H19BrFN3O/c1-4-18-14(10-7-6-8-11(16)13(10)17)15-12(21-3)9-19-20(15)5-2/h6-9,14,18H,4-5H2,1-3H3. The number of methoxy groups -OCH3 is 1. The molecule has 2 rings (SSSR count). The Bertz CT molecular complexity index is 593. The number of benzene rings is 1. The van der Waals surface area contributed by atoms with Gasteiger partial charge in [0.25, 0.3) is 0 Å². The summed E-state index contributed by atoms with van der Waals surface area (Å²) in [5.74, 6) is 0.386. The number of aryl methyl sites for hydroxylation is 1. The van der Waals surface area contributed by atoms with Crippen molar-refractivity contribution in [1.29, 1.82) is 0 Å². The lowest BCUT2D eigenvalue weighted by Crippen LogP contribution is -2.26. The normalized spacial score (nSPS) is 12.4. The van der Waals surface area contributed by atoms with Gasteiger partial charge >= 0.3 is 0 Å². The van der Waals surface area contributed by atoms with Crippen LogP contribution in [-0.2, 0) is 6.54 Å². The van der Waals surface area contributed by atoms with E-state index in [1.807, 2.05) is 24.6 Å². The Balaban J connectivity index is 2.58. The molecule has 0 saturated carbocycles. The molecule has 2 aromatic rings. The number of rotatable bonds is 6. The van der Waals surface area contributed by atoms with Crippen LogP contribution < -0.4 is 10.1 Å². The summed E-state index contributed by atoms with van der Waals surface area (Å²) in [6, 6.07) is 4.98. The predicted octanol–water partition coefficient (Wildman–Crippen LogP) is 3.51. The van der Waals surface area contributed by atoms with E-state index in [2.05, 4.69) is 26.3 Å². The van der Waals surface area contributed by atoms with Crippen LogP contribution in [0.15, 0.2) is 28.9 Å². The zero-order valence-corrected chi connectivity index (χ0v) is 13.9. The van der Waals surface area contributed by atoms with Gasteiger partial charge in [-0.15, -0.1) is 0 Å². The van der Waals surface area contributed by atoms with Crippen molar-refractivity contribution in [3.05, 3.63) is 45.9 Å². The van der Waals surface area contributed by atoms with E-state index in [4.69, 9.17) is 4.74 Å². The Morgan fingerprint density at radius 2 is 2.19 bits per heavy atom. The maximum absolute atomic E-state index is 14.5. The van der Waals surface area contributed by atoms with Crippen LogP contribution in [-0.4, -0.2) is 23.4 Å². The van der Waals surface area contributed by atoms with Gasteiger partial charge in [-0.2, -0.15) is 5.10 Å². The van der Waals surface area contributed by atoms with Gasteiger partial charge < -0.3 is 10.1 Å². The minimum atomic E-state index is -0.315. The van der Waals surface area contributed by atoms with Gasteiger partial charge in [0, 0.05) is 12.1 Å². The van der Waals surface area contributed by atoms with Gasteiger partial charge in [-0.1, -0.05) is 19.1 Å². The van der Waals surface area contributed by atoms with E-state index < -0.39 is 0 Å². The van der Waals surface area contributed by atoms with Crippen LogP contribution >= 0.6 is 15.9 Å². The molecule has 1 unspecified atom stereocenters. The molecule has 0 spiro atoms. The van der Waals surface area contributed by atoms with E-state index in [9.17, 15) is 4.39 Å². The minimum absolute atomic E-state index is 0.269. The summed E-state index contributed by atoms with van der Waals surface area (Å²) in [4.78, 5) is 0. The van der Waals surface area contributed by atoms with Gasteiger partial charge in [-0.05, 0) is 35.5 Å². The number of aromatic nitrogens is 2. The Hall–Kier alpha value is -1.40. The highest BCUT2D eigenvalue weighted by atomic mass is 79.9. The molecule has 0 aliphatic carbocycles. The fraction of sp³-hybridized carbons (Fsp3) is 0.400. The van der Waals surface area contributed by atoms with Crippen molar-refractivity contribution in [3.8, 4) is 5.75 Å². The first kappa shape index (κ1) is 16.0. The summed E-state index contributed by atoms with van der Waals surface area (Å²) in [6.07, 6.45) is 1.67. The average molecular weight is 356 g/mol. The van der Waals surface area contributed by atoms with E-state index in [1.165, 1.54) is 0 Å². The molecule has 0 amide bonds. The van der Waals surface area contributed by atoms with Gasteiger partial charge in [0.15, 0.2) is 5.75 Å². The van der Waals surface area contributed by atoms with Crippen LogP contribution in [0.25, 0.3) is 0 Å². The largest absolute Gasteiger partial charge is 0.493 e. The second-order valence-electron chi connectivity index (χ2n) is 4.55. The van der Waals surface area contributed by atoms with Crippen molar-refractivity contribution in [2.75, 3.05) is 13.7 Å². The Morgan fingerprint density at radius 1 is 1.43 bits per heavy atom. The Labute approximate surface area is 132 Å². The first-order valence-electron chi connectivity index (χ1n) is 6.90. The third-order valence-electron chi connectivity index (χ3n) is 3.34. The third-order valence-corrected chi connectivity index (χ3v) is 3.95. The van der Waals surface area contributed by atoms with Gasteiger partial charge in [-0.25, -0.2) is 4.39 Å². The Kier molecular flexibility index (Phi) is 5.36. The average Bonchev–Trinajstić information content (AvgIpc) is 2.90. The molecule has 1 atom stereocenters. The monoisotopic (exact) mass is 355 g/mol. The second kappa shape index (κ2) is 7.04. The molecule has 6 heteroatoms. The lowest BCUT2D eigenvalue weighted by molar-refractivity contribution is 0.398. The maximum Gasteiger partial charge on any atom is 0.161 e. The zero-order chi connectivity index (χ0) is 15.4. The number of ether oxygens (including phenoxy) is 1. The van der Waals surface area contributed by atoms with Crippen LogP contribution in [0.2, 0.25) is 0 Å². The number of hydrogen-bond donors (Lipinski definition) is 1. The molecular weight excluding hydrogens is 337 g/mol. The highest BCUT2D eigenvalue weighted by Gasteiger charge is 2.25. The smallest absolute Gasteiger partial charge is 0.161 e. The van der Waals surface area contributed by atoms with Crippen LogP contribution in [0.1, 0.15) is 31.1 Å². The van der Waals surface area contributed by atoms with Crippen molar-refractivity contribution < 1.29 is 9.13 Å². The zero-order valence-electron chi connectivity index (χ0n) is 12.4. The SMILES string of the molecule is CCNC(c1cccc(Br)c1F)c1c(OC)cnn1CC. The lowest BCUT2D eigenvalue weighted by atomic mass is 10.0. The fourth-order valence-corrected chi connectivity index (χ4v) is 2.76. The molecule has 0 aliphatic heterocycles. The maximum atomic E-state index is 14.5. The lowest BCUT2D eigenvalue weighted by Gasteiger charge is -2.21. The van der Waals surface area contributed by atoms with E-state index in [0.717, 1.165) is 5.69 Å². The van der Waals surface area contributed by atoms with Crippen LogP contribution in [0.4, 0.5) is 4.39 Å². The fourth-order valence-electron chi connectivity index (χ4n) is 2.38. The topological polar surface area (TPSA) is 39.1 Å². The first-order valence-corrected chi connectivity index (χ1v) is 7.70. The van der Waals surface area contributed by atoms with Gasteiger partial charge in [-0.3, -0.25) is 4.68 Å². The second-order valence-corrected chi connectivity index (χ2v) is 5.40. The molecule has 0 bridgehead atoms. The highest BCUT2D eigenvalue weighted by molar-refractivity contribution is 9.10. The van der Waals surface area contributed by atoms with Gasteiger partial charge in [0.1, 0.15) is 11.5 Å². The third kappa shape index (κ3) is 3.11. The number of nitrogens with zero attached hydrogens (tertiary/aromatic N) is 2. The predicted molar refractivity (Wildman–Crippen MR) is 84.1 cm³/mol. The summed E-state index contributed by atoms with van der Waals surface area (Å²) >= 11 is 3.24. The summed E-state index contributed by atoms with van der Waals surface area (Å²) in [5.41, 5.74) is 1.40. The van der Waals surface area contributed by atoms with Gasteiger partial charge in [0.2, 0.25) is 0 Å². The first-order chi connectivity index (χ1) is 10.1. The van der Waals surface area contributed by atoms with Crippen LogP contribution in [0.5, 0.6) is 5.75 Å². The Morgan fingerprint density at radius 3 is 2.81 bits per heavy atom. The molecule has 4 nitrogen and oxygen atoms in total. The molecule has 1 aromatic heterocycles. The van der Waals surface area contributed by atoms with E-state index in [0.29, 0.717) is 28.9 Å². The molecule has 0 fully saturated rings. The summed E-state index contributed by atoms with van der Waals surface area (Å²) in [5, 5.41) is 7.62. The highest BCUT2D eigenvalue weighted by Crippen LogP contribution is 2.33. The minimum Gasteiger partial charge on any atom is -0.493 e. The van der Waals surface area contributed by atoms with Gasteiger partial charge in [0.05, 0.1) is 23.8 Å². The number of hydrogen-bond acceptors (Lipinski definition) is 3. The van der Waals surface area contributed by atoms with Crippen LogP contribution in [0, 0.1) is 5.82 Å². The number of nitrogens with one attached hydrogen (secondary N) is 1. The van der Waals surface area contributed by atoms with Crippen LogP contribution in [0.3, 0.4) is 0 Å². The molecule has 21 heavy (non-hydrogen) atoms. The molecule has 0 radical (unpaired) electrons. The quantitative estimate of drug-likeness (QED) is 0.861. The van der Waals surface area contributed by atoms with E-state index in [-0.39, 0.29) is 11.9 Å². The van der Waals surface area contributed by atoms with Crippen molar-refractivity contribution in [2.45, 2.75) is 26.4 Å². The molecule has 114 valence electrons. The van der Waals surface area contributed by atoms with Crippen molar-refractivity contribution in [1.82, 2.24) is 15.1 Å². The molecule has 0 aliphatic rings. The summed E-state index contributed by atoms with van der Waals surface area (Å²) in [6.45, 7) is 5.38. The van der Waals surface area contributed by atoms with Crippen molar-refractivity contribution >= 4 is 15.9 Å². The number of halogens is 2. The molecular formula is C15H19BrFN3O. The molecule has 0 saturated heterocycles. The molecule has 1 aromatic carbocycles. The summed E-state index contributed by atoms with van der Waals surface area (Å²) in [7, 11) is 1.60. The summed E-state index contributed by atoms with van der Waals surface area (Å²) < 4.78 is 22.1. The van der Waals surface area contributed by atoms with E-state index in [1.54, 1.807) is 25.4 Å². The van der Waals surface area contributed by atoms with E-state index >= 15 is 0 Å². The molecule has 1 heterocycles. The van der Waals surface area contributed by atoms with Crippen molar-refractivity contribution in [3.63, 3.8) is 0 Å². The molecule has 1 N–H and O–H groups in total.